The number of unbranched alkanes of at least 4 members (excludes halogenated alkanes) is 57. The average molecular weight is 1380 g/mol. The number of allylic oxidation sites excluding steroid dienone is 3. The zero-order valence-electron chi connectivity index (χ0n) is 63.1. The second-order valence-corrected chi connectivity index (χ2v) is 30.0. The van der Waals surface area contributed by atoms with E-state index in [1.807, 2.05) is 6.08 Å². The molecule has 0 saturated carbocycles. The summed E-state index contributed by atoms with van der Waals surface area (Å²) in [6.45, 7) is 2.87. The molecule has 0 aliphatic carbocycles. The highest BCUT2D eigenvalue weighted by atomic mass is 16.7. The molecule has 2 saturated heterocycles. The molecule has 0 aromatic carbocycles. The highest BCUT2D eigenvalue weighted by molar-refractivity contribution is 5.76. The predicted octanol–water partition coefficient (Wildman–Crippen LogP) is 19.4. The van der Waals surface area contributed by atoms with Crippen LogP contribution < -0.4 is 5.32 Å². The maximum absolute atomic E-state index is 13.4. The maximum Gasteiger partial charge on any atom is 0.220 e. The number of carbonyl (C=O) groups is 1. The van der Waals surface area contributed by atoms with Crippen LogP contribution in [0.1, 0.15) is 406 Å². The van der Waals surface area contributed by atoms with E-state index in [1.165, 1.54) is 340 Å². The van der Waals surface area contributed by atoms with Gasteiger partial charge in [-0.2, -0.15) is 0 Å². The van der Waals surface area contributed by atoms with E-state index in [2.05, 4.69) is 31.3 Å². The summed E-state index contributed by atoms with van der Waals surface area (Å²) in [6.07, 6.45) is 71.4. The molecule has 12 atom stereocenters. The molecule has 9 N–H and O–H groups in total. The van der Waals surface area contributed by atoms with Gasteiger partial charge in [0.05, 0.1) is 32.0 Å². The van der Waals surface area contributed by atoms with Gasteiger partial charge in [0.1, 0.15) is 48.8 Å². The number of rotatable bonds is 72. The Morgan fingerprint density at radius 2 is 0.649 bits per heavy atom. The van der Waals surface area contributed by atoms with Crippen molar-refractivity contribution in [2.24, 2.45) is 0 Å². The molecule has 0 aromatic rings. The van der Waals surface area contributed by atoms with E-state index in [9.17, 15) is 45.6 Å². The SMILES string of the molecule is CCCCCCCCCC/C=C\CCCCCCCCCCCCCCCCCCCCCCCCCCCC(=O)NC(COC1OC(CO)C(OC2OC(CO)C(O)C(O)C2O)C(O)C1O)C(O)/C=C/CCCCCCCCCCCCCCCCCCCCCCCCCC. The van der Waals surface area contributed by atoms with Gasteiger partial charge < -0.3 is 65.1 Å². The lowest BCUT2D eigenvalue weighted by Crippen LogP contribution is -2.65. The summed E-state index contributed by atoms with van der Waals surface area (Å²) in [5.74, 6) is -0.229. The molecule has 2 heterocycles. The van der Waals surface area contributed by atoms with Gasteiger partial charge in [-0.05, 0) is 44.9 Å². The molecule has 0 bridgehead atoms. The molecular weight excluding hydrogens is 1220 g/mol. The number of ether oxygens (including phenoxy) is 4. The van der Waals surface area contributed by atoms with Gasteiger partial charge in [0.2, 0.25) is 5.91 Å². The fourth-order valence-corrected chi connectivity index (χ4v) is 14.2. The third-order valence-corrected chi connectivity index (χ3v) is 20.9. The summed E-state index contributed by atoms with van der Waals surface area (Å²) in [4.78, 5) is 13.4. The van der Waals surface area contributed by atoms with Crippen LogP contribution in [-0.4, -0.2) is 140 Å². The van der Waals surface area contributed by atoms with Crippen LogP contribution >= 0.6 is 0 Å². The lowest BCUT2D eigenvalue weighted by molar-refractivity contribution is -0.359. The van der Waals surface area contributed by atoms with Crippen LogP contribution in [0.15, 0.2) is 24.3 Å². The molecule has 574 valence electrons. The zero-order valence-corrected chi connectivity index (χ0v) is 63.1. The number of amides is 1. The molecule has 12 unspecified atom stereocenters. The molecule has 2 fully saturated rings. The Kier molecular flexibility index (Phi) is 63.8. The molecule has 0 radical (unpaired) electrons. The fraction of sp³-hybridized carbons (Fsp3) is 0.940. The van der Waals surface area contributed by atoms with Gasteiger partial charge in [-0.1, -0.05) is 378 Å². The van der Waals surface area contributed by atoms with E-state index in [4.69, 9.17) is 18.9 Å². The van der Waals surface area contributed by atoms with Crippen LogP contribution in [0, 0.1) is 0 Å². The van der Waals surface area contributed by atoms with E-state index >= 15 is 0 Å². The summed E-state index contributed by atoms with van der Waals surface area (Å²) in [7, 11) is 0. The Morgan fingerprint density at radius 1 is 0.361 bits per heavy atom. The fourth-order valence-electron chi connectivity index (χ4n) is 14.2. The molecular formula is C83H159NO13. The molecule has 0 aromatic heterocycles. The predicted molar refractivity (Wildman–Crippen MR) is 402 cm³/mol. The molecule has 0 spiro atoms. The Balaban J connectivity index is 1.58. The van der Waals surface area contributed by atoms with Crippen molar-refractivity contribution in [3.05, 3.63) is 24.3 Å². The highest BCUT2D eigenvalue weighted by Gasteiger charge is 2.51. The Hall–Kier alpha value is -1.53. The van der Waals surface area contributed by atoms with Crippen LogP contribution in [-0.2, 0) is 23.7 Å². The number of hydrogen-bond donors (Lipinski definition) is 9. The molecule has 2 aliphatic heterocycles. The minimum atomic E-state index is -1.79. The Labute approximate surface area is 596 Å². The second kappa shape index (κ2) is 67.6. The number of aliphatic hydroxyl groups is 8. The normalized spacial score (nSPS) is 22.2. The first kappa shape index (κ1) is 91.6. The lowest BCUT2D eigenvalue weighted by Gasteiger charge is -2.46. The van der Waals surface area contributed by atoms with Crippen molar-refractivity contribution in [3.63, 3.8) is 0 Å². The number of aliphatic hydroxyl groups excluding tert-OH is 8. The van der Waals surface area contributed by atoms with Crippen molar-refractivity contribution >= 4 is 5.91 Å². The van der Waals surface area contributed by atoms with Gasteiger partial charge in [-0.25, -0.2) is 0 Å². The standard InChI is InChI=1S/C83H159NO13/c1-3-5-7-9-11-13-15-17-19-21-23-25-27-29-31-32-33-34-35-36-37-38-39-40-41-43-45-47-49-51-53-55-57-59-61-63-65-67-75(88)84-71(70-94-82-80(93)78(91)81(74(69-86)96-82)97-83-79(92)77(90)76(89)73(68-85)95-83)72(87)66-64-62-60-58-56-54-52-50-48-46-44-42-30-28-26-24-22-20-18-16-14-12-10-8-6-4-2/h21,23,64,66,71-74,76-83,85-87,89-93H,3-20,22,24-63,65,67-70H2,1-2H3,(H,84,88)/b23-21-,66-64+. The van der Waals surface area contributed by atoms with Gasteiger partial charge in [0, 0.05) is 6.42 Å². The first-order chi connectivity index (χ1) is 47.6. The van der Waals surface area contributed by atoms with Crippen molar-refractivity contribution in [1.29, 1.82) is 0 Å². The van der Waals surface area contributed by atoms with Crippen molar-refractivity contribution < 1.29 is 64.6 Å². The van der Waals surface area contributed by atoms with Gasteiger partial charge >= 0.3 is 0 Å². The monoisotopic (exact) mass is 1380 g/mol. The van der Waals surface area contributed by atoms with E-state index in [-0.39, 0.29) is 18.9 Å². The van der Waals surface area contributed by atoms with Crippen molar-refractivity contribution in [2.45, 2.75) is 479 Å². The van der Waals surface area contributed by atoms with E-state index in [0.29, 0.717) is 6.42 Å². The molecule has 14 heteroatoms. The van der Waals surface area contributed by atoms with Crippen LogP contribution in [0.2, 0.25) is 0 Å². The topological polar surface area (TPSA) is 228 Å². The number of carbonyl (C=O) groups excluding carboxylic acids is 1. The van der Waals surface area contributed by atoms with Crippen LogP contribution in [0.25, 0.3) is 0 Å². The summed E-state index contributed by atoms with van der Waals surface area (Å²) in [5.41, 5.74) is 0. The lowest BCUT2D eigenvalue weighted by atomic mass is 9.97. The summed E-state index contributed by atoms with van der Waals surface area (Å²) >= 11 is 0. The van der Waals surface area contributed by atoms with Gasteiger partial charge in [0.15, 0.2) is 12.6 Å². The average Bonchev–Trinajstić information content (AvgIpc) is 0.794. The quantitative estimate of drug-likeness (QED) is 0.0204. The largest absolute Gasteiger partial charge is 0.394 e. The van der Waals surface area contributed by atoms with E-state index in [0.717, 1.165) is 38.5 Å². The Bertz CT molecular complexity index is 1720. The minimum Gasteiger partial charge on any atom is -0.394 e. The zero-order chi connectivity index (χ0) is 70.1. The maximum atomic E-state index is 13.4. The third-order valence-electron chi connectivity index (χ3n) is 20.9. The molecule has 14 nitrogen and oxygen atoms in total. The minimum absolute atomic E-state index is 0.229. The van der Waals surface area contributed by atoms with Crippen molar-refractivity contribution in [3.8, 4) is 0 Å². The third kappa shape index (κ3) is 50.5. The summed E-state index contributed by atoms with van der Waals surface area (Å²) in [6, 6.07) is -0.914. The van der Waals surface area contributed by atoms with Crippen LogP contribution in [0.4, 0.5) is 0 Å². The van der Waals surface area contributed by atoms with Crippen molar-refractivity contribution in [2.75, 3.05) is 19.8 Å². The molecule has 2 aliphatic rings. The van der Waals surface area contributed by atoms with Crippen LogP contribution in [0.3, 0.4) is 0 Å². The van der Waals surface area contributed by atoms with Crippen LogP contribution in [0.5, 0.6) is 0 Å². The number of nitrogens with one attached hydrogen (secondary N) is 1. The molecule has 1 amide bonds. The summed E-state index contributed by atoms with van der Waals surface area (Å²) < 4.78 is 22.9. The van der Waals surface area contributed by atoms with E-state index in [1.54, 1.807) is 6.08 Å². The molecule has 97 heavy (non-hydrogen) atoms. The van der Waals surface area contributed by atoms with E-state index < -0.39 is 86.8 Å². The van der Waals surface area contributed by atoms with Crippen molar-refractivity contribution in [1.82, 2.24) is 5.32 Å². The highest BCUT2D eigenvalue weighted by Crippen LogP contribution is 2.30. The van der Waals surface area contributed by atoms with Gasteiger partial charge in [-0.3, -0.25) is 4.79 Å². The molecule has 2 rings (SSSR count). The van der Waals surface area contributed by atoms with Gasteiger partial charge in [0.25, 0.3) is 0 Å². The van der Waals surface area contributed by atoms with Gasteiger partial charge in [-0.15, -0.1) is 0 Å². The summed E-state index contributed by atoms with van der Waals surface area (Å²) in [5, 5.41) is 87.7. The second-order valence-electron chi connectivity index (χ2n) is 30.0. The first-order valence-corrected chi connectivity index (χ1v) is 42.1. The Morgan fingerprint density at radius 3 is 0.979 bits per heavy atom. The number of hydrogen-bond acceptors (Lipinski definition) is 13. The first-order valence-electron chi connectivity index (χ1n) is 42.1. The smallest absolute Gasteiger partial charge is 0.220 e.